The Balaban J connectivity index is 1.50. The fraction of sp³-hybridized carbons (Fsp3) is 0.300. The molecule has 8 heteroatoms. The van der Waals surface area contributed by atoms with Crippen LogP contribution in [0.5, 0.6) is 5.75 Å². The van der Waals surface area contributed by atoms with Gasteiger partial charge < -0.3 is 9.84 Å². The van der Waals surface area contributed by atoms with Crippen molar-refractivity contribution in [3.8, 4) is 5.75 Å². The SMILES string of the molecule is CCc1ccc(CCOc2ccc(CC3SC(=O)N(C(=O)O)C3=O)cc2)nc1. The Morgan fingerprint density at radius 3 is 2.46 bits per heavy atom. The fourth-order valence-corrected chi connectivity index (χ4v) is 3.78. The molecule has 3 rings (SSSR count). The van der Waals surface area contributed by atoms with E-state index < -0.39 is 22.5 Å². The second-order valence-electron chi connectivity index (χ2n) is 6.29. The monoisotopic (exact) mass is 400 g/mol. The molecule has 0 aliphatic carbocycles. The number of carboxylic acid groups (broad SMARTS) is 1. The van der Waals surface area contributed by atoms with E-state index in [1.165, 1.54) is 5.56 Å². The molecule has 7 nitrogen and oxygen atoms in total. The minimum atomic E-state index is -1.53. The van der Waals surface area contributed by atoms with E-state index >= 15 is 0 Å². The molecule has 0 saturated carbocycles. The van der Waals surface area contributed by atoms with Gasteiger partial charge in [-0.3, -0.25) is 14.6 Å². The summed E-state index contributed by atoms with van der Waals surface area (Å²) in [6.07, 6.45) is 2.29. The van der Waals surface area contributed by atoms with E-state index in [1.54, 1.807) is 12.1 Å². The van der Waals surface area contributed by atoms with Crippen molar-refractivity contribution in [2.45, 2.75) is 31.4 Å². The molecule has 1 saturated heterocycles. The number of hydrogen-bond donors (Lipinski definition) is 1. The number of aryl methyl sites for hydroxylation is 1. The topological polar surface area (TPSA) is 96.8 Å². The average molecular weight is 400 g/mol. The number of amides is 3. The predicted molar refractivity (Wildman–Crippen MR) is 105 cm³/mol. The molecular weight excluding hydrogens is 380 g/mol. The molecule has 146 valence electrons. The van der Waals surface area contributed by atoms with Crippen LogP contribution < -0.4 is 4.74 Å². The Kier molecular flexibility index (Phi) is 6.30. The zero-order chi connectivity index (χ0) is 20.1. The minimum absolute atomic E-state index is 0.272. The molecule has 1 atom stereocenters. The number of benzene rings is 1. The van der Waals surface area contributed by atoms with Gasteiger partial charge in [-0.25, -0.2) is 4.79 Å². The van der Waals surface area contributed by atoms with Crippen molar-refractivity contribution in [1.82, 2.24) is 9.88 Å². The van der Waals surface area contributed by atoms with Crippen LogP contribution in [0.1, 0.15) is 23.7 Å². The van der Waals surface area contributed by atoms with E-state index in [2.05, 4.69) is 18.0 Å². The molecule has 28 heavy (non-hydrogen) atoms. The van der Waals surface area contributed by atoms with Crippen LogP contribution in [0.25, 0.3) is 0 Å². The summed E-state index contributed by atoms with van der Waals surface area (Å²) in [4.78, 5) is 39.2. The van der Waals surface area contributed by atoms with Crippen LogP contribution >= 0.6 is 11.8 Å². The first-order chi connectivity index (χ1) is 13.5. The summed E-state index contributed by atoms with van der Waals surface area (Å²) in [5, 5.41) is 7.45. The highest BCUT2D eigenvalue weighted by atomic mass is 32.2. The average Bonchev–Trinajstić information content (AvgIpc) is 2.97. The van der Waals surface area contributed by atoms with Crippen molar-refractivity contribution in [3.05, 3.63) is 59.4 Å². The third-order valence-corrected chi connectivity index (χ3v) is 5.42. The van der Waals surface area contributed by atoms with E-state index in [-0.39, 0.29) is 11.3 Å². The molecule has 0 spiro atoms. The Bertz CT molecular complexity index is 867. The molecular formula is C20H20N2O5S. The van der Waals surface area contributed by atoms with Gasteiger partial charge in [0.05, 0.1) is 11.9 Å². The van der Waals surface area contributed by atoms with Crippen molar-refractivity contribution >= 4 is 29.0 Å². The van der Waals surface area contributed by atoms with Crippen LogP contribution in [0, 0.1) is 0 Å². The lowest BCUT2D eigenvalue weighted by atomic mass is 10.1. The number of ether oxygens (including phenoxy) is 1. The van der Waals surface area contributed by atoms with Gasteiger partial charge in [0.15, 0.2) is 0 Å². The van der Waals surface area contributed by atoms with Crippen molar-refractivity contribution in [1.29, 1.82) is 0 Å². The lowest BCUT2D eigenvalue weighted by Crippen LogP contribution is -2.36. The number of carbonyl (C=O) groups is 3. The predicted octanol–water partition coefficient (Wildman–Crippen LogP) is 3.55. The second-order valence-corrected chi connectivity index (χ2v) is 7.44. The smallest absolute Gasteiger partial charge is 0.421 e. The van der Waals surface area contributed by atoms with Gasteiger partial charge in [0.2, 0.25) is 0 Å². The quantitative estimate of drug-likeness (QED) is 0.759. The number of hydrogen-bond acceptors (Lipinski definition) is 6. The fourth-order valence-electron chi connectivity index (χ4n) is 2.78. The molecule has 1 fully saturated rings. The number of carbonyl (C=O) groups excluding carboxylic acids is 2. The lowest BCUT2D eigenvalue weighted by molar-refractivity contribution is -0.125. The van der Waals surface area contributed by atoms with Crippen molar-refractivity contribution in [2.75, 3.05) is 6.61 Å². The number of pyridine rings is 1. The first kappa shape index (κ1) is 19.9. The van der Waals surface area contributed by atoms with Crippen LogP contribution in [0.15, 0.2) is 42.6 Å². The number of imide groups is 3. The Labute approximate surface area is 166 Å². The number of thioether (sulfide) groups is 1. The standard InChI is InChI=1S/C20H20N2O5S/c1-2-13-3-6-15(21-12-13)9-10-27-16-7-4-14(5-8-16)11-17-18(23)22(19(24)25)20(26)28-17/h3-8,12,17H,2,9-11H2,1H3,(H,24,25). The molecule has 1 aromatic carbocycles. The Morgan fingerprint density at radius 2 is 1.89 bits per heavy atom. The number of rotatable bonds is 7. The van der Waals surface area contributed by atoms with E-state index in [0.717, 1.165) is 29.4 Å². The highest BCUT2D eigenvalue weighted by Gasteiger charge is 2.43. The maximum absolute atomic E-state index is 12.0. The van der Waals surface area contributed by atoms with Gasteiger partial charge in [-0.2, -0.15) is 4.90 Å². The summed E-state index contributed by atoms with van der Waals surface area (Å²) in [5.74, 6) is 0.00647. The van der Waals surface area contributed by atoms with Gasteiger partial charge in [0.25, 0.3) is 11.1 Å². The summed E-state index contributed by atoms with van der Waals surface area (Å²) in [6.45, 7) is 2.58. The zero-order valence-corrected chi connectivity index (χ0v) is 16.1. The molecule has 1 aliphatic rings. The molecule has 3 amide bonds. The maximum Gasteiger partial charge on any atom is 0.421 e. The Hall–Kier alpha value is -2.87. The lowest BCUT2D eigenvalue weighted by Gasteiger charge is -2.10. The van der Waals surface area contributed by atoms with Gasteiger partial charge in [0, 0.05) is 18.3 Å². The van der Waals surface area contributed by atoms with E-state index in [0.29, 0.717) is 18.8 Å². The normalized spacial score (nSPS) is 16.5. The van der Waals surface area contributed by atoms with Gasteiger partial charge >= 0.3 is 6.09 Å². The Morgan fingerprint density at radius 1 is 1.18 bits per heavy atom. The van der Waals surface area contributed by atoms with Gasteiger partial charge in [-0.15, -0.1) is 0 Å². The molecule has 0 radical (unpaired) electrons. The summed E-state index contributed by atoms with van der Waals surface area (Å²) >= 11 is 0.742. The molecule has 0 bridgehead atoms. The number of aromatic nitrogens is 1. The third kappa shape index (κ3) is 4.69. The van der Waals surface area contributed by atoms with Gasteiger partial charge in [-0.1, -0.05) is 25.1 Å². The summed E-state index contributed by atoms with van der Waals surface area (Å²) in [5.41, 5.74) is 3.00. The molecule has 2 heterocycles. The molecule has 1 N–H and O–H groups in total. The summed E-state index contributed by atoms with van der Waals surface area (Å²) < 4.78 is 5.73. The third-order valence-electron chi connectivity index (χ3n) is 4.38. The maximum atomic E-state index is 12.0. The highest BCUT2D eigenvalue weighted by Crippen LogP contribution is 2.30. The van der Waals surface area contributed by atoms with E-state index in [4.69, 9.17) is 9.84 Å². The summed E-state index contributed by atoms with van der Waals surface area (Å²) in [6, 6.07) is 11.3. The van der Waals surface area contributed by atoms with Crippen LogP contribution in [0.4, 0.5) is 9.59 Å². The molecule has 1 aromatic heterocycles. The minimum Gasteiger partial charge on any atom is -0.493 e. The second kappa shape index (κ2) is 8.88. The first-order valence-corrected chi connectivity index (χ1v) is 9.79. The zero-order valence-electron chi connectivity index (χ0n) is 15.3. The van der Waals surface area contributed by atoms with Crippen LogP contribution in [-0.4, -0.2) is 44.1 Å². The van der Waals surface area contributed by atoms with Gasteiger partial charge in [0.1, 0.15) is 5.75 Å². The largest absolute Gasteiger partial charge is 0.493 e. The van der Waals surface area contributed by atoms with Crippen LogP contribution in [0.2, 0.25) is 0 Å². The van der Waals surface area contributed by atoms with E-state index in [9.17, 15) is 14.4 Å². The van der Waals surface area contributed by atoms with Crippen LogP contribution in [-0.2, 0) is 24.1 Å². The van der Waals surface area contributed by atoms with Crippen molar-refractivity contribution in [2.24, 2.45) is 0 Å². The molecule has 2 aromatic rings. The van der Waals surface area contributed by atoms with E-state index in [1.807, 2.05) is 24.4 Å². The van der Waals surface area contributed by atoms with Crippen molar-refractivity contribution in [3.63, 3.8) is 0 Å². The highest BCUT2D eigenvalue weighted by molar-refractivity contribution is 8.15. The summed E-state index contributed by atoms with van der Waals surface area (Å²) in [7, 11) is 0. The number of nitrogens with zero attached hydrogens (tertiary/aromatic N) is 2. The van der Waals surface area contributed by atoms with Gasteiger partial charge in [-0.05, 0) is 53.9 Å². The van der Waals surface area contributed by atoms with Crippen molar-refractivity contribution < 1.29 is 24.2 Å². The molecule has 1 unspecified atom stereocenters. The molecule has 1 aliphatic heterocycles. The van der Waals surface area contributed by atoms with Crippen LogP contribution in [0.3, 0.4) is 0 Å². The first-order valence-electron chi connectivity index (χ1n) is 8.91.